The van der Waals surface area contributed by atoms with Crippen molar-refractivity contribution in [3.63, 3.8) is 0 Å². The molecule has 38 heavy (non-hydrogen) atoms. The molecule has 1 aliphatic rings. The lowest BCUT2D eigenvalue weighted by Crippen LogP contribution is -2.47. The molecule has 1 N–H and O–H groups in total. The maximum Gasteiger partial charge on any atom is 0.271 e. The molecule has 0 saturated carbocycles. The molecule has 208 valence electrons. The number of nitrogens with zero attached hydrogens (tertiary/aromatic N) is 4. The largest absolute Gasteiger partial charge is 0.369 e. The number of nitrogens with one attached hydrogen (secondary N) is 1. The number of aromatic nitrogens is 2. The highest BCUT2D eigenvalue weighted by molar-refractivity contribution is 6.31. The van der Waals surface area contributed by atoms with E-state index >= 15 is 0 Å². The summed E-state index contributed by atoms with van der Waals surface area (Å²) in [6, 6.07) is 12.7. The summed E-state index contributed by atoms with van der Waals surface area (Å²) < 4.78 is 16.3. The maximum absolute atomic E-state index is 14.5. The lowest BCUT2D eigenvalue weighted by Gasteiger charge is -2.37. The number of imidazole rings is 1. The van der Waals surface area contributed by atoms with Crippen LogP contribution in [0, 0.1) is 19.7 Å². The van der Waals surface area contributed by atoms with Crippen LogP contribution < -0.4 is 10.2 Å². The molecule has 1 saturated heterocycles. The van der Waals surface area contributed by atoms with E-state index in [2.05, 4.69) is 33.1 Å². The third kappa shape index (κ3) is 7.20. The maximum atomic E-state index is 14.5. The summed E-state index contributed by atoms with van der Waals surface area (Å²) in [6.07, 6.45) is 2.38. The molecule has 2 heterocycles. The molecule has 4 rings (SSSR count). The van der Waals surface area contributed by atoms with Crippen molar-refractivity contribution in [3.8, 4) is 5.69 Å². The minimum atomic E-state index is -0.326. The van der Waals surface area contributed by atoms with E-state index in [1.54, 1.807) is 22.8 Å². The Kier molecular flexibility index (Phi) is 12.4. The lowest BCUT2D eigenvalue weighted by molar-refractivity contribution is 0.0946. The minimum absolute atomic E-state index is 0. The van der Waals surface area contributed by atoms with E-state index in [0.29, 0.717) is 35.9 Å². The second-order valence-electron chi connectivity index (χ2n) is 9.32. The Morgan fingerprint density at radius 3 is 2.39 bits per heavy atom. The van der Waals surface area contributed by atoms with Crippen molar-refractivity contribution in [1.29, 1.82) is 0 Å². The SMILES string of the molecule is CCCc1nc(C(=O)NCCCN2CCN(c3cccc(Cl)c3C)CC2)c(C)n1-c1ccccc1F.Cl.Cl. The number of carbonyl (C=O) groups excluding carboxylic acids is 1. The van der Waals surface area contributed by atoms with Crippen LogP contribution in [-0.4, -0.2) is 59.6 Å². The summed E-state index contributed by atoms with van der Waals surface area (Å²) in [5, 5.41) is 3.82. The first kappa shape index (κ1) is 31.9. The number of anilines is 1. The van der Waals surface area contributed by atoms with Gasteiger partial charge in [0.25, 0.3) is 5.91 Å². The summed E-state index contributed by atoms with van der Waals surface area (Å²) in [7, 11) is 0. The molecular weight excluding hydrogens is 548 g/mol. The first-order valence-electron chi connectivity index (χ1n) is 12.7. The number of rotatable bonds is 9. The van der Waals surface area contributed by atoms with E-state index in [1.807, 2.05) is 26.0 Å². The van der Waals surface area contributed by atoms with Crippen LogP contribution in [0.1, 0.15) is 47.3 Å². The molecule has 1 aromatic heterocycles. The molecule has 1 amide bonds. The number of carbonyl (C=O) groups is 1. The Morgan fingerprint density at radius 1 is 1.03 bits per heavy atom. The summed E-state index contributed by atoms with van der Waals surface area (Å²) >= 11 is 6.30. The molecular formula is C28H37Cl3FN5O. The Balaban J connectivity index is 0.00000253. The Morgan fingerprint density at radius 2 is 1.71 bits per heavy atom. The van der Waals surface area contributed by atoms with Gasteiger partial charge in [-0.15, -0.1) is 24.8 Å². The summed E-state index contributed by atoms with van der Waals surface area (Å²) in [5.74, 6) is 0.173. The fourth-order valence-electron chi connectivity index (χ4n) is 4.86. The zero-order valence-electron chi connectivity index (χ0n) is 22.2. The number of hydrogen-bond acceptors (Lipinski definition) is 4. The fourth-order valence-corrected chi connectivity index (χ4v) is 5.03. The van der Waals surface area contributed by atoms with Gasteiger partial charge < -0.3 is 10.2 Å². The highest BCUT2D eigenvalue weighted by atomic mass is 35.5. The van der Waals surface area contributed by atoms with E-state index in [4.69, 9.17) is 11.6 Å². The monoisotopic (exact) mass is 583 g/mol. The zero-order valence-corrected chi connectivity index (χ0v) is 24.6. The molecule has 0 spiro atoms. The van der Waals surface area contributed by atoms with Crippen LogP contribution in [0.4, 0.5) is 10.1 Å². The molecule has 10 heteroatoms. The van der Waals surface area contributed by atoms with Gasteiger partial charge in [-0.2, -0.15) is 0 Å². The predicted molar refractivity (Wildman–Crippen MR) is 159 cm³/mol. The van der Waals surface area contributed by atoms with Crippen molar-refractivity contribution in [1.82, 2.24) is 19.8 Å². The molecule has 1 aliphatic heterocycles. The fraction of sp³-hybridized carbons (Fsp3) is 0.429. The van der Waals surface area contributed by atoms with Gasteiger partial charge in [-0.1, -0.05) is 36.7 Å². The number of para-hydroxylation sites is 1. The number of hydrogen-bond donors (Lipinski definition) is 1. The van der Waals surface area contributed by atoms with Gasteiger partial charge in [-0.25, -0.2) is 9.37 Å². The van der Waals surface area contributed by atoms with E-state index in [1.165, 1.54) is 11.8 Å². The first-order chi connectivity index (χ1) is 17.4. The van der Waals surface area contributed by atoms with E-state index in [9.17, 15) is 9.18 Å². The third-order valence-electron chi connectivity index (χ3n) is 6.85. The Labute approximate surface area is 242 Å². The average molecular weight is 585 g/mol. The topological polar surface area (TPSA) is 53.4 Å². The second kappa shape index (κ2) is 14.7. The van der Waals surface area contributed by atoms with Gasteiger partial charge in [0.05, 0.1) is 11.4 Å². The van der Waals surface area contributed by atoms with Gasteiger partial charge in [-0.05, 0) is 63.1 Å². The number of halogens is 4. The second-order valence-corrected chi connectivity index (χ2v) is 9.73. The highest BCUT2D eigenvalue weighted by Crippen LogP contribution is 2.27. The van der Waals surface area contributed by atoms with Crippen molar-refractivity contribution >= 4 is 48.0 Å². The van der Waals surface area contributed by atoms with Gasteiger partial charge >= 0.3 is 0 Å². The summed E-state index contributed by atoms with van der Waals surface area (Å²) in [5.41, 5.74) is 3.80. The van der Waals surface area contributed by atoms with Gasteiger partial charge in [0, 0.05) is 49.9 Å². The molecule has 0 unspecified atom stereocenters. The molecule has 0 radical (unpaired) electrons. The van der Waals surface area contributed by atoms with E-state index < -0.39 is 0 Å². The zero-order chi connectivity index (χ0) is 25.7. The van der Waals surface area contributed by atoms with Crippen LogP contribution in [0.15, 0.2) is 42.5 Å². The van der Waals surface area contributed by atoms with E-state index in [-0.39, 0.29) is 36.5 Å². The minimum Gasteiger partial charge on any atom is -0.369 e. The molecule has 6 nitrogen and oxygen atoms in total. The normalized spacial score (nSPS) is 13.6. The van der Waals surface area contributed by atoms with Gasteiger partial charge in [0.1, 0.15) is 17.3 Å². The van der Waals surface area contributed by atoms with Crippen LogP contribution in [-0.2, 0) is 6.42 Å². The average Bonchev–Trinajstić information content (AvgIpc) is 3.20. The van der Waals surface area contributed by atoms with Crippen LogP contribution in [0.3, 0.4) is 0 Å². The smallest absolute Gasteiger partial charge is 0.271 e. The van der Waals surface area contributed by atoms with Crippen LogP contribution in [0.25, 0.3) is 5.69 Å². The van der Waals surface area contributed by atoms with Gasteiger partial charge in [0.15, 0.2) is 0 Å². The number of piperazine rings is 1. The van der Waals surface area contributed by atoms with E-state index in [0.717, 1.165) is 56.2 Å². The lowest BCUT2D eigenvalue weighted by atomic mass is 10.1. The summed E-state index contributed by atoms with van der Waals surface area (Å²) in [6.45, 7) is 11.3. The van der Waals surface area contributed by atoms with Crippen LogP contribution in [0.2, 0.25) is 5.02 Å². The van der Waals surface area contributed by atoms with Gasteiger partial charge in [0.2, 0.25) is 0 Å². The van der Waals surface area contributed by atoms with Crippen molar-refractivity contribution in [2.75, 3.05) is 44.2 Å². The Bertz CT molecular complexity index is 1210. The number of benzene rings is 2. The number of amides is 1. The Hall–Kier alpha value is -2.32. The molecule has 0 bridgehead atoms. The van der Waals surface area contributed by atoms with Crippen molar-refractivity contribution in [3.05, 3.63) is 76.1 Å². The van der Waals surface area contributed by atoms with Crippen LogP contribution in [0.5, 0.6) is 0 Å². The molecule has 3 aromatic rings. The predicted octanol–water partition coefficient (Wildman–Crippen LogP) is 6.02. The highest BCUT2D eigenvalue weighted by Gasteiger charge is 2.22. The standard InChI is InChI=1S/C28H35ClFN5O.2ClH/c1-4-9-26-32-27(21(3)35(26)25-12-6-5-11-23(25)30)28(36)31-14-8-15-33-16-18-34(19-17-33)24-13-7-10-22(29)20(24)2;;/h5-7,10-13H,4,8-9,14-19H2,1-3H3,(H,31,36);2*1H. The first-order valence-corrected chi connectivity index (χ1v) is 13.1. The molecule has 1 fully saturated rings. The van der Waals surface area contributed by atoms with Crippen LogP contribution >= 0.6 is 36.4 Å². The third-order valence-corrected chi connectivity index (χ3v) is 7.26. The molecule has 0 atom stereocenters. The summed E-state index contributed by atoms with van der Waals surface area (Å²) in [4.78, 5) is 22.4. The number of aryl methyl sites for hydroxylation is 1. The molecule has 2 aromatic carbocycles. The molecule has 0 aliphatic carbocycles. The van der Waals surface area contributed by atoms with Crippen molar-refractivity contribution in [2.45, 2.75) is 40.0 Å². The van der Waals surface area contributed by atoms with Crippen molar-refractivity contribution in [2.24, 2.45) is 0 Å². The quantitative estimate of drug-likeness (QED) is 0.313. The van der Waals surface area contributed by atoms with Crippen molar-refractivity contribution < 1.29 is 9.18 Å². The van der Waals surface area contributed by atoms with Gasteiger partial charge in [-0.3, -0.25) is 14.3 Å².